The maximum atomic E-state index is 9.13. The first-order valence-corrected chi connectivity index (χ1v) is 7.81. The van der Waals surface area contributed by atoms with Gasteiger partial charge < -0.3 is 10.4 Å². The second-order valence-corrected chi connectivity index (χ2v) is 7.72. The SMILES string of the molecule is CC(C)(C)C1CCCCC1NCC1(CCO)CC1. The van der Waals surface area contributed by atoms with E-state index in [1.54, 1.807) is 0 Å². The number of aliphatic hydroxyl groups excluding tert-OH is 1. The smallest absolute Gasteiger partial charge is 0.0436 e. The van der Waals surface area contributed by atoms with Crippen LogP contribution in [0.5, 0.6) is 0 Å². The van der Waals surface area contributed by atoms with Gasteiger partial charge in [-0.3, -0.25) is 0 Å². The summed E-state index contributed by atoms with van der Waals surface area (Å²) < 4.78 is 0. The lowest BCUT2D eigenvalue weighted by Gasteiger charge is -2.41. The molecule has 18 heavy (non-hydrogen) atoms. The number of nitrogens with one attached hydrogen (secondary N) is 1. The summed E-state index contributed by atoms with van der Waals surface area (Å²) in [5.41, 5.74) is 0.875. The van der Waals surface area contributed by atoms with Crippen molar-refractivity contribution in [2.75, 3.05) is 13.2 Å². The van der Waals surface area contributed by atoms with Crippen molar-refractivity contribution in [2.45, 2.75) is 71.8 Å². The summed E-state index contributed by atoms with van der Waals surface area (Å²) in [4.78, 5) is 0. The summed E-state index contributed by atoms with van der Waals surface area (Å²) in [6, 6.07) is 0.704. The molecule has 0 aromatic rings. The average molecular weight is 253 g/mol. The highest BCUT2D eigenvalue weighted by Crippen LogP contribution is 2.48. The van der Waals surface area contributed by atoms with E-state index in [1.807, 2.05) is 0 Å². The van der Waals surface area contributed by atoms with E-state index in [2.05, 4.69) is 26.1 Å². The highest BCUT2D eigenvalue weighted by atomic mass is 16.3. The molecule has 2 rings (SSSR count). The van der Waals surface area contributed by atoms with Crippen molar-refractivity contribution in [2.24, 2.45) is 16.7 Å². The minimum absolute atomic E-state index is 0.356. The molecule has 2 nitrogen and oxygen atoms in total. The standard InChI is InChI=1S/C16H31NO/c1-15(2,3)13-6-4-5-7-14(13)17-12-16(8-9-16)10-11-18/h13-14,17-18H,4-12H2,1-3H3. The highest BCUT2D eigenvalue weighted by Gasteiger charge is 2.43. The third-order valence-electron chi connectivity index (χ3n) is 5.22. The Morgan fingerprint density at radius 2 is 1.83 bits per heavy atom. The van der Waals surface area contributed by atoms with Crippen molar-refractivity contribution in [1.29, 1.82) is 0 Å². The van der Waals surface area contributed by atoms with E-state index in [-0.39, 0.29) is 0 Å². The van der Waals surface area contributed by atoms with E-state index < -0.39 is 0 Å². The Labute approximate surface area is 113 Å². The fraction of sp³-hybridized carbons (Fsp3) is 1.00. The Morgan fingerprint density at radius 1 is 1.17 bits per heavy atom. The van der Waals surface area contributed by atoms with Gasteiger partial charge in [0, 0.05) is 19.2 Å². The molecule has 2 aliphatic carbocycles. The van der Waals surface area contributed by atoms with Gasteiger partial charge in [0.2, 0.25) is 0 Å². The first-order chi connectivity index (χ1) is 8.47. The number of rotatable bonds is 5. The number of aliphatic hydroxyl groups is 1. The van der Waals surface area contributed by atoms with E-state index >= 15 is 0 Å². The summed E-state index contributed by atoms with van der Waals surface area (Å²) in [7, 11) is 0. The second kappa shape index (κ2) is 5.50. The van der Waals surface area contributed by atoms with Crippen LogP contribution < -0.4 is 5.32 Å². The third-order valence-corrected chi connectivity index (χ3v) is 5.22. The summed E-state index contributed by atoms with van der Waals surface area (Å²) >= 11 is 0. The van der Waals surface area contributed by atoms with Crippen molar-refractivity contribution in [1.82, 2.24) is 5.32 Å². The van der Waals surface area contributed by atoms with E-state index in [0.717, 1.165) is 18.9 Å². The molecule has 2 aliphatic rings. The first kappa shape index (κ1) is 14.3. The largest absolute Gasteiger partial charge is 0.396 e. The number of hydrogen-bond donors (Lipinski definition) is 2. The predicted octanol–water partition coefficient (Wildman–Crippen LogP) is 3.34. The van der Waals surface area contributed by atoms with Crippen molar-refractivity contribution in [3.05, 3.63) is 0 Å². The monoisotopic (exact) mass is 253 g/mol. The molecule has 106 valence electrons. The fourth-order valence-corrected chi connectivity index (χ4v) is 3.69. The van der Waals surface area contributed by atoms with Gasteiger partial charge in [-0.1, -0.05) is 33.6 Å². The zero-order valence-electron chi connectivity index (χ0n) is 12.5. The van der Waals surface area contributed by atoms with Crippen molar-refractivity contribution < 1.29 is 5.11 Å². The van der Waals surface area contributed by atoms with E-state index in [1.165, 1.54) is 38.5 Å². The van der Waals surface area contributed by atoms with Crippen LogP contribution in [0.2, 0.25) is 0 Å². The molecular formula is C16H31NO. The maximum Gasteiger partial charge on any atom is 0.0436 e. The number of hydrogen-bond acceptors (Lipinski definition) is 2. The van der Waals surface area contributed by atoms with Gasteiger partial charge in [0.25, 0.3) is 0 Å². The van der Waals surface area contributed by atoms with Crippen molar-refractivity contribution in [3.63, 3.8) is 0 Å². The summed E-state index contributed by atoms with van der Waals surface area (Å²) in [5.74, 6) is 0.816. The van der Waals surface area contributed by atoms with Crippen molar-refractivity contribution in [3.8, 4) is 0 Å². The zero-order chi connectivity index (χ0) is 13.2. The molecule has 2 atom stereocenters. The normalized spacial score (nSPS) is 31.3. The lowest BCUT2D eigenvalue weighted by molar-refractivity contribution is 0.124. The lowest BCUT2D eigenvalue weighted by Crippen LogP contribution is -2.46. The van der Waals surface area contributed by atoms with Gasteiger partial charge >= 0.3 is 0 Å². The van der Waals surface area contributed by atoms with Crippen LogP contribution in [-0.2, 0) is 0 Å². The molecule has 0 aliphatic heterocycles. The average Bonchev–Trinajstić information content (AvgIpc) is 3.07. The maximum absolute atomic E-state index is 9.13. The topological polar surface area (TPSA) is 32.3 Å². The molecule has 0 amide bonds. The molecule has 0 radical (unpaired) electrons. The molecule has 0 spiro atoms. The highest BCUT2D eigenvalue weighted by molar-refractivity contribution is 4.97. The van der Waals surface area contributed by atoms with Gasteiger partial charge in [-0.2, -0.15) is 0 Å². The Bertz CT molecular complexity index is 265. The van der Waals surface area contributed by atoms with Gasteiger partial charge in [-0.25, -0.2) is 0 Å². The predicted molar refractivity (Wildman–Crippen MR) is 76.6 cm³/mol. The van der Waals surface area contributed by atoms with E-state index in [9.17, 15) is 0 Å². The van der Waals surface area contributed by atoms with Gasteiger partial charge in [0.15, 0.2) is 0 Å². The Balaban J connectivity index is 1.86. The molecular weight excluding hydrogens is 222 g/mol. The van der Waals surface area contributed by atoms with Gasteiger partial charge in [-0.15, -0.1) is 0 Å². The molecule has 2 fully saturated rings. The second-order valence-electron chi connectivity index (χ2n) is 7.72. The molecule has 0 aromatic heterocycles. The third kappa shape index (κ3) is 3.48. The van der Waals surface area contributed by atoms with Crippen LogP contribution in [0.25, 0.3) is 0 Å². The summed E-state index contributed by atoms with van der Waals surface area (Å²) in [5, 5.41) is 13.0. The van der Waals surface area contributed by atoms with Crippen LogP contribution in [0.15, 0.2) is 0 Å². The van der Waals surface area contributed by atoms with Crippen LogP contribution in [0, 0.1) is 16.7 Å². The minimum Gasteiger partial charge on any atom is -0.396 e. The first-order valence-electron chi connectivity index (χ1n) is 7.81. The quantitative estimate of drug-likeness (QED) is 0.787. The van der Waals surface area contributed by atoms with Crippen LogP contribution in [0.1, 0.15) is 65.7 Å². The Kier molecular flexibility index (Phi) is 4.38. The molecule has 0 saturated heterocycles. The van der Waals surface area contributed by atoms with Gasteiger partial charge in [-0.05, 0) is 48.9 Å². The summed E-state index contributed by atoms with van der Waals surface area (Å²) in [6.45, 7) is 8.65. The molecule has 2 N–H and O–H groups in total. The summed E-state index contributed by atoms with van der Waals surface area (Å²) in [6.07, 6.45) is 9.14. The molecule has 0 aromatic carbocycles. The Morgan fingerprint density at radius 3 is 2.39 bits per heavy atom. The van der Waals surface area contributed by atoms with Gasteiger partial charge in [0.1, 0.15) is 0 Å². The molecule has 0 heterocycles. The minimum atomic E-state index is 0.356. The Hall–Kier alpha value is -0.0800. The van der Waals surface area contributed by atoms with Crippen LogP contribution in [0.3, 0.4) is 0 Å². The van der Waals surface area contributed by atoms with E-state index in [4.69, 9.17) is 5.11 Å². The van der Waals surface area contributed by atoms with Gasteiger partial charge in [0.05, 0.1) is 0 Å². The molecule has 2 heteroatoms. The zero-order valence-corrected chi connectivity index (χ0v) is 12.5. The lowest BCUT2D eigenvalue weighted by atomic mass is 9.69. The van der Waals surface area contributed by atoms with Crippen LogP contribution in [0.4, 0.5) is 0 Å². The van der Waals surface area contributed by atoms with E-state index in [0.29, 0.717) is 23.5 Å². The fourth-order valence-electron chi connectivity index (χ4n) is 3.69. The van der Waals surface area contributed by atoms with Crippen LogP contribution >= 0.6 is 0 Å². The van der Waals surface area contributed by atoms with Crippen molar-refractivity contribution >= 4 is 0 Å². The molecule has 2 unspecified atom stereocenters. The molecule has 0 bridgehead atoms. The molecule has 2 saturated carbocycles. The van der Waals surface area contributed by atoms with Crippen LogP contribution in [-0.4, -0.2) is 24.3 Å².